The van der Waals surface area contributed by atoms with Crippen LogP contribution in [0.2, 0.25) is 0 Å². The molecular formula is C16H19N3OS. The highest BCUT2D eigenvalue weighted by atomic mass is 32.1. The molecule has 5 heteroatoms. The zero-order valence-electron chi connectivity index (χ0n) is 11.8. The zero-order valence-corrected chi connectivity index (χ0v) is 12.6. The van der Waals surface area contributed by atoms with Crippen molar-refractivity contribution in [2.45, 2.75) is 19.3 Å². The van der Waals surface area contributed by atoms with Crippen LogP contribution in [0.5, 0.6) is 0 Å². The van der Waals surface area contributed by atoms with Crippen LogP contribution in [0, 0.1) is 11.8 Å². The van der Waals surface area contributed by atoms with Crippen molar-refractivity contribution in [2.24, 2.45) is 17.6 Å². The molecule has 3 N–H and O–H groups in total. The van der Waals surface area contributed by atoms with Crippen molar-refractivity contribution < 1.29 is 4.79 Å². The number of hydrogen-bond donors (Lipinski definition) is 2. The number of nitrogens with zero attached hydrogens (tertiary/aromatic N) is 1. The lowest BCUT2D eigenvalue weighted by atomic mass is 9.95. The average molecular weight is 301 g/mol. The van der Waals surface area contributed by atoms with Gasteiger partial charge in [-0.05, 0) is 37.4 Å². The SMILES string of the molecule is NCC1CCCC1C(=O)Nc1cccc(-c2nccs2)c1. The van der Waals surface area contributed by atoms with Gasteiger partial charge in [0.2, 0.25) is 5.91 Å². The molecule has 2 aromatic rings. The van der Waals surface area contributed by atoms with E-state index in [-0.39, 0.29) is 11.8 Å². The Balaban J connectivity index is 1.73. The maximum atomic E-state index is 12.4. The lowest BCUT2D eigenvalue weighted by molar-refractivity contribution is -0.120. The van der Waals surface area contributed by atoms with Gasteiger partial charge in [-0.15, -0.1) is 11.3 Å². The van der Waals surface area contributed by atoms with Crippen molar-refractivity contribution in [1.82, 2.24) is 4.98 Å². The van der Waals surface area contributed by atoms with Crippen LogP contribution in [0.15, 0.2) is 35.8 Å². The van der Waals surface area contributed by atoms with Gasteiger partial charge in [0, 0.05) is 28.7 Å². The van der Waals surface area contributed by atoms with Crippen molar-refractivity contribution in [2.75, 3.05) is 11.9 Å². The molecule has 1 heterocycles. The van der Waals surface area contributed by atoms with E-state index in [4.69, 9.17) is 5.73 Å². The van der Waals surface area contributed by atoms with Gasteiger partial charge in [-0.3, -0.25) is 4.79 Å². The number of benzene rings is 1. The molecule has 1 amide bonds. The Hall–Kier alpha value is -1.72. The Morgan fingerprint density at radius 3 is 3.10 bits per heavy atom. The Kier molecular flexibility index (Phi) is 4.31. The molecule has 1 aliphatic rings. The minimum Gasteiger partial charge on any atom is -0.330 e. The van der Waals surface area contributed by atoms with E-state index in [9.17, 15) is 4.79 Å². The molecule has 1 aromatic carbocycles. The molecule has 2 unspecified atom stereocenters. The van der Waals surface area contributed by atoms with Crippen LogP contribution >= 0.6 is 11.3 Å². The highest BCUT2D eigenvalue weighted by Gasteiger charge is 2.31. The van der Waals surface area contributed by atoms with E-state index in [1.165, 1.54) is 0 Å². The summed E-state index contributed by atoms with van der Waals surface area (Å²) in [5, 5.41) is 5.95. The lowest BCUT2D eigenvalue weighted by Crippen LogP contribution is -2.29. The summed E-state index contributed by atoms with van der Waals surface area (Å²) in [5.74, 6) is 0.477. The molecule has 21 heavy (non-hydrogen) atoms. The third-order valence-corrected chi connectivity index (χ3v) is 4.93. The number of nitrogens with two attached hydrogens (primary N) is 1. The molecular weight excluding hydrogens is 282 g/mol. The van der Waals surface area contributed by atoms with Crippen LogP contribution in [-0.4, -0.2) is 17.4 Å². The first-order valence-corrected chi connectivity index (χ1v) is 8.17. The topological polar surface area (TPSA) is 68.0 Å². The number of rotatable bonds is 4. The summed E-state index contributed by atoms with van der Waals surface area (Å²) in [7, 11) is 0. The van der Waals surface area contributed by atoms with Crippen LogP contribution in [0.4, 0.5) is 5.69 Å². The summed E-state index contributed by atoms with van der Waals surface area (Å²) in [5.41, 5.74) is 7.62. The van der Waals surface area contributed by atoms with Gasteiger partial charge in [-0.1, -0.05) is 18.6 Å². The van der Waals surface area contributed by atoms with E-state index < -0.39 is 0 Å². The van der Waals surface area contributed by atoms with Crippen molar-refractivity contribution >= 4 is 22.9 Å². The molecule has 110 valence electrons. The minimum atomic E-state index is 0.0542. The number of nitrogens with one attached hydrogen (secondary N) is 1. The van der Waals surface area contributed by atoms with E-state index in [1.807, 2.05) is 29.6 Å². The maximum absolute atomic E-state index is 12.4. The molecule has 1 saturated carbocycles. The van der Waals surface area contributed by atoms with Crippen LogP contribution in [0.1, 0.15) is 19.3 Å². The van der Waals surface area contributed by atoms with E-state index >= 15 is 0 Å². The Labute approximate surface area is 128 Å². The van der Waals surface area contributed by atoms with Crippen molar-refractivity contribution in [3.63, 3.8) is 0 Å². The molecule has 0 spiro atoms. The average Bonchev–Trinajstić information content (AvgIpc) is 3.18. The molecule has 1 aliphatic carbocycles. The second kappa shape index (κ2) is 6.37. The molecule has 1 aromatic heterocycles. The fraction of sp³-hybridized carbons (Fsp3) is 0.375. The van der Waals surface area contributed by atoms with Gasteiger partial charge in [0.1, 0.15) is 5.01 Å². The number of thiazole rings is 1. The molecule has 2 atom stereocenters. The first-order valence-electron chi connectivity index (χ1n) is 7.29. The number of aromatic nitrogens is 1. The third-order valence-electron chi connectivity index (χ3n) is 4.11. The van der Waals surface area contributed by atoms with Gasteiger partial charge in [0.15, 0.2) is 0 Å². The van der Waals surface area contributed by atoms with Gasteiger partial charge in [0.05, 0.1) is 0 Å². The standard InChI is InChI=1S/C16H19N3OS/c17-10-12-4-2-6-14(12)15(20)19-13-5-1-3-11(9-13)16-18-7-8-21-16/h1,3,5,7-9,12,14H,2,4,6,10,17H2,(H,19,20). The molecule has 0 bridgehead atoms. The highest BCUT2D eigenvalue weighted by molar-refractivity contribution is 7.13. The highest BCUT2D eigenvalue weighted by Crippen LogP contribution is 2.32. The summed E-state index contributed by atoms with van der Waals surface area (Å²) >= 11 is 1.59. The Morgan fingerprint density at radius 2 is 2.33 bits per heavy atom. The smallest absolute Gasteiger partial charge is 0.227 e. The van der Waals surface area contributed by atoms with Gasteiger partial charge < -0.3 is 11.1 Å². The number of amides is 1. The van der Waals surface area contributed by atoms with Crippen molar-refractivity contribution in [3.05, 3.63) is 35.8 Å². The summed E-state index contributed by atoms with van der Waals surface area (Å²) in [6, 6.07) is 7.85. The second-order valence-electron chi connectivity index (χ2n) is 5.44. The minimum absolute atomic E-state index is 0.0542. The van der Waals surface area contributed by atoms with Crippen LogP contribution in [0.3, 0.4) is 0 Å². The number of anilines is 1. The third kappa shape index (κ3) is 3.14. The van der Waals surface area contributed by atoms with Gasteiger partial charge in [-0.25, -0.2) is 4.98 Å². The summed E-state index contributed by atoms with van der Waals surface area (Å²) in [6.45, 7) is 0.594. The molecule has 0 saturated heterocycles. The molecule has 0 radical (unpaired) electrons. The lowest BCUT2D eigenvalue weighted by Gasteiger charge is -2.17. The van der Waals surface area contributed by atoms with E-state index in [0.717, 1.165) is 35.5 Å². The first kappa shape index (κ1) is 14.2. The van der Waals surface area contributed by atoms with E-state index in [0.29, 0.717) is 12.5 Å². The molecule has 1 fully saturated rings. The van der Waals surface area contributed by atoms with Crippen LogP contribution < -0.4 is 11.1 Å². The largest absolute Gasteiger partial charge is 0.330 e. The van der Waals surface area contributed by atoms with E-state index in [2.05, 4.69) is 10.3 Å². The Bertz CT molecular complexity index is 612. The predicted molar refractivity (Wildman–Crippen MR) is 86.1 cm³/mol. The monoisotopic (exact) mass is 301 g/mol. The summed E-state index contributed by atoms with van der Waals surface area (Å²) < 4.78 is 0. The normalized spacial score (nSPS) is 21.4. The molecule has 4 nitrogen and oxygen atoms in total. The fourth-order valence-corrected chi connectivity index (χ4v) is 3.63. The predicted octanol–water partition coefficient (Wildman–Crippen LogP) is 3.12. The quantitative estimate of drug-likeness (QED) is 0.911. The molecule has 0 aliphatic heterocycles. The van der Waals surface area contributed by atoms with E-state index in [1.54, 1.807) is 17.5 Å². The number of carbonyl (C=O) groups excluding carboxylic acids is 1. The van der Waals surface area contributed by atoms with Crippen LogP contribution in [0.25, 0.3) is 10.6 Å². The molecule has 3 rings (SSSR count). The Morgan fingerprint density at radius 1 is 1.43 bits per heavy atom. The van der Waals surface area contributed by atoms with Crippen LogP contribution in [-0.2, 0) is 4.79 Å². The second-order valence-corrected chi connectivity index (χ2v) is 6.34. The van der Waals surface area contributed by atoms with Gasteiger partial charge >= 0.3 is 0 Å². The number of hydrogen-bond acceptors (Lipinski definition) is 4. The summed E-state index contributed by atoms with van der Waals surface area (Å²) in [6.07, 6.45) is 4.89. The fourth-order valence-electron chi connectivity index (χ4n) is 3.00. The first-order chi connectivity index (χ1) is 10.3. The van der Waals surface area contributed by atoms with Gasteiger partial charge in [0.25, 0.3) is 0 Å². The maximum Gasteiger partial charge on any atom is 0.227 e. The number of carbonyl (C=O) groups is 1. The van der Waals surface area contributed by atoms with Gasteiger partial charge in [-0.2, -0.15) is 0 Å². The van der Waals surface area contributed by atoms with Crippen molar-refractivity contribution in [3.8, 4) is 10.6 Å². The van der Waals surface area contributed by atoms with Crippen molar-refractivity contribution in [1.29, 1.82) is 0 Å². The zero-order chi connectivity index (χ0) is 14.7. The summed E-state index contributed by atoms with van der Waals surface area (Å²) in [4.78, 5) is 16.7.